The molecule has 1 heterocycles. The fourth-order valence-corrected chi connectivity index (χ4v) is 3.27. The van der Waals surface area contributed by atoms with Crippen molar-refractivity contribution in [2.45, 2.75) is 25.3 Å². The first kappa shape index (κ1) is 16.1. The molecule has 24 heavy (non-hydrogen) atoms. The Hall–Kier alpha value is -2.82. The number of phenols is 1. The van der Waals surface area contributed by atoms with E-state index in [4.69, 9.17) is 4.74 Å². The molecule has 0 saturated carbocycles. The lowest BCUT2D eigenvalue weighted by Gasteiger charge is -2.38. The Kier molecular flexibility index (Phi) is 4.25. The molecule has 0 aromatic heterocycles. The zero-order valence-electron chi connectivity index (χ0n) is 13.6. The first-order chi connectivity index (χ1) is 11.5. The molecule has 2 aromatic rings. The SMILES string of the molecule is COC(=O)C1CC(C)N(C(=O)c2cccc(O)c2)c2ccccc21. The normalized spacial score (nSPS) is 19.5. The van der Waals surface area contributed by atoms with E-state index in [0.717, 1.165) is 5.56 Å². The number of hydrogen-bond acceptors (Lipinski definition) is 4. The number of methoxy groups -OCH3 is 1. The van der Waals surface area contributed by atoms with Crippen molar-refractivity contribution >= 4 is 17.6 Å². The van der Waals surface area contributed by atoms with E-state index in [9.17, 15) is 14.7 Å². The Morgan fingerprint density at radius 1 is 1.17 bits per heavy atom. The molecule has 3 rings (SSSR count). The summed E-state index contributed by atoms with van der Waals surface area (Å²) in [4.78, 5) is 26.8. The van der Waals surface area contributed by atoms with Gasteiger partial charge in [-0.05, 0) is 43.2 Å². The first-order valence-corrected chi connectivity index (χ1v) is 7.82. The van der Waals surface area contributed by atoms with Crippen LogP contribution in [-0.2, 0) is 9.53 Å². The highest BCUT2D eigenvalue weighted by molar-refractivity contribution is 6.08. The molecule has 2 aromatic carbocycles. The molecule has 1 amide bonds. The minimum Gasteiger partial charge on any atom is -0.508 e. The molecule has 124 valence electrons. The van der Waals surface area contributed by atoms with Crippen LogP contribution in [0.1, 0.15) is 35.2 Å². The van der Waals surface area contributed by atoms with Crippen molar-refractivity contribution in [2.75, 3.05) is 12.0 Å². The minimum atomic E-state index is -0.380. The number of benzene rings is 2. The molecule has 1 N–H and O–H groups in total. The van der Waals surface area contributed by atoms with E-state index in [-0.39, 0.29) is 29.6 Å². The van der Waals surface area contributed by atoms with E-state index in [1.54, 1.807) is 17.0 Å². The summed E-state index contributed by atoms with van der Waals surface area (Å²) in [5.74, 6) is -0.825. The fourth-order valence-electron chi connectivity index (χ4n) is 3.27. The van der Waals surface area contributed by atoms with Crippen LogP contribution in [0.2, 0.25) is 0 Å². The molecule has 0 aliphatic carbocycles. The van der Waals surface area contributed by atoms with Crippen LogP contribution in [0.15, 0.2) is 48.5 Å². The number of para-hydroxylation sites is 1. The van der Waals surface area contributed by atoms with Crippen molar-refractivity contribution in [3.8, 4) is 5.75 Å². The minimum absolute atomic E-state index is 0.0474. The monoisotopic (exact) mass is 325 g/mol. The molecule has 0 bridgehead atoms. The maximum absolute atomic E-state index is 13.0. The molecule has 5 heteroatoms. The van der Waals surface area contributed by atoms with Crippen LogP contribution in [0.4, 0.5) is 5.69 Å². The lowest BCUT2D eigenvalue weighted by Crippen LogP contribution is -2.44. The molecule has 2 atom stereocenters. The Bertz CT molecular complexity index is 786. The molecule has 5 nitrogen and oxygen atoms in total. The maximum atomic E-state index is 13.0. The number of phenolic OH excluding ortho intramolecular Hbond substituents is 1. The van der Waals surface area contributed by atoms with Gasteiger partial charge in [-0.25, -0.2) is 0 Å². The number of amides is 1. The van der Waals surface area contributed by atoms with Gasteiger partial charge in [-0.15, -0.1) is 0 Å². The van der Waals surface area contributed by atoms with E-state index in [1.807, 2.05) is 31.2 Å². The molecular formula is C19H19NO4. The van der Waals surface area contributed by atoms with Gasteiger partial charge in [-0.2, -0.15) is 0 Å². The summed E-state index contributed by atoms with van der Waals surface area (Å²) in [5.41, 5.74) is 1.91. The predicted molar refractivity (Wildman–Crippen MR) is 90.2 cm³/mol. The average molecular weight is 325 g/mol. The molecule has 2 unspecified atom stereocenters. The van der Waals surface area contributed by atoms with Gasteiger partial charge in [0, 0.05) is 17.3 Å². The first-order valence-electron chi connectivity index (χ1n) is 7.82. The van der Waals surface area contributed by atoms with Crippen molar-refractivity contribution in [1.82, 2.24) is 0 Å². The third kappa shape index (κ3) is 2.73. The van der Waals surface area contributed by atoms with E-state index < -0.39 is 0 Å². The lowest BCUT2D eigenvalue weighted by molar-refractivity contribution is -0.142. The van der Waals surface area contributed by atoms with Gasteiger partial charge in [0.05, 0.1) is 13.0 Å². The van der Waals surface area contributed by atoms with Crippen LogP contribution >= 0.6 is 0 Å². The second-order valence-electron chi connectivity index (χ2n) is 5.94. The summed E-state index contributed by atoms with van der Waals surface area (Å²) in [6.07, 6.45) is 0.494. The van der Waals surface area contributed by atoms with Crippen LogP contribution in [0.3, 0.4) is 0 Å². The second-order valence-corrected chi connectivity index (χ2v) is 5.94. The molecule has 0 saturated heterocycles. The summed E-state index contributed by atoms with van der Waals surface area (Å²) in [6, 6.07) is 13.5. The van der Waals surface area contributed by atoms with Crippen LogP contribution in [0.5, 0.6) is 5.75 Å². The number of hydrogen-bond donors (Lipinski definition) is 1. The summed E-state index contributed by atoms with van der Waals surface area (Å²) in [6.45, 7) is 1.91. The number of esters is 1. The molecular weight excluding hydrogens is 306 g/mol. The maximum Gasteiger partial charge on any atom is 0.313 e. The average Bonchev–Trinajstić information content (AvgIpc) is 2.60. The fraction of sp³-hybridized carbons (Fsp3) is 0.263. The Morgan fingerprint density at radius 3 is 2.62 bits per heavy atom. The van der Waals surface area contributed by atoms with Gasteiger partial charge in [-0.3, -0.25) is 9.59 Å². The van der Waals surface area contributed by atoms with Crippen molar-refractivity contribution in [3.63, 3.8) is 0 Å². The van der Waals surface area contributed by atoms with Crippen LogP contribution in [0, 0.1) is 0 Å². The van der Waals surface area contributed by atoms with Crippen molar-refractivity contribution in [1.29, 1.82) is 0 Å². The van der Waals surface area contributed by atoms with Gasteiger partial charge in [0.2, 0.25) is 0 Å². The highest BCUT2D eigenvalue weighted by Crippen LogP contribution is 2.39. The van der Waals surface area contributed by atoms with Crippen molar-refractivity contribution in [3.05, 3.63) is 59.7 Å². The Labute approximate surface area is 140 Å². The Morgan fingerprint density at radius 2 is 1.92 bits per heavy atom. The quantitative estimate of drug-likeness (QED) is 0.862. The predicted octanol–water partition coefficient (Wildman–Crippen LogP) is 3.09. The number of fused-ring (bicyclic) bond motifs is 1. The highest BCUT2D eigenvalue weighted by atomic mass is 16.5. The third-order valence-corrected chi connectivity index (χ3v) is 4.39. The number of carbonyl (C=O) groups is 2. The third-order valence-electron chi connectivity index (χ3n) is 4.39. The molecule has 1 aliphatic rings. The van der Waals surface area contributed by atoms with Gasteiger partial charge in [-0.1, -0.05) is 24.3 Å². The molecule has 1 aliphatic heterocycles. The number of rotatable bonds is 2. The van der Waals surface area contributed by atoms with Crippen LogP contribution in [0.25, 0.3) is 0 Å². The van der Waals surface area contributed by atoms with Crippen LogP contribution < -0.4 is 4.90 Å². The Balaban J connectivity index is 2.05. The number of aromatic hydroxyl groups is 1. The standard InChI is InChI=1S/C19H19NO4/c1-12-10-16(19(23)24-2)15-8-3-4-9-17(15)20(12)18(22)13-6-5-7-14(21)11-13/h3-9,11-12,16,21H,10H2,1-2H3. The molecule has 0 fully saturated rings. The molecule has 0 radical (unpaired) electrons. The van der Waals surface area contributed by atoms with Crippen molar-refractivity contribution < 1.29 is 19.4 Å². The van der Waals surface area contributed by atoms with E-state index in [1.165, 1.54) is 19.2 Å². The van der Waals surface area contributed by atoms with E-state index in [0.29, 0.717) is 17.7 Å². The largest absolute Gasteiger partial charge is 0.508 e. The zero-order valence-corrected chi connectivity index (χ0v) is 13.6. The zero-order chi connectivity index (χ0) is 17.3. The van der Waals surface area contributed by atoms with E-state index in [2.05, 4.69) is 0 Å². The number of ether oxygens (including phenoxy) is 1. The van der Waals surface area contributed by atoms with Crippen molar-refractivity contribution in [2.24, 2.45) is 0 Å². The highest BCUT2D eigenvalue weighted by Gasteiger charge is 2.37. The molecule has 0 spiro atoms. The second kappa shape index (κ2) is 6.35. The van der Waals surface area contributed by atoms with E-state index >= 15 is 0 Å². The smallest absolute Gasteiger partial charge is 0.313 e. The summed E-state index contributed by atoms with van der Waals surface area (Å²) < 4.78 is 4.92. The summed E-state index contributed by atoms with van der Waals surface area (Å²) in [5, 5.41) is 9.64. The van der Waals surface area contributed by atoms with Gasteiger partial charge < -0.3 is 14.7 Å². The topological polar surface area (TPSA) is 66.8 Å². The summed E-state index contributed by atoms with van der Waals surface area (Å²) in [7, 11) is 1.37. The summed E-state index contributed by atoms with van der Waals surface area (Å²) >= 11 is 0. The van der Waals surface area contributed by atoms with Gasteiger partial charge >= 0.3 is 5.97 Å². The number of carbonyl (C=O) groups excluding carboxylic acids is 2. The number of nitrogens with zero attached hydrogens (tertiary/aromatic N) is 1. The van der Waals surface area contributed by atoms with Gasteiger partial charge in [0.15, 0.2) is 0 Å². The van der Waals surface area contributed by atoms with Gasteiger partial charge in [0.1, 0.15) is 5.75 Å². The van der Waals surface area contributed by atoms with Crippen LogP contribution in [-0.4, -0.2) is 30.1 Å². The lowest BCUT2D eigenvalue weighted by atomic mass is 9.85. The van der Waals surface area contributed by atoms with Gasteiger partial charge in [0.25, 0.3) is 5.91 Å². The number of anilines is 1.